The van der Waals surface area contributed by atoms with Crippen LogP contribution in [0.4, 0.5) is 0 Å². The van der Waals surface area contributed by atoms with Gasteiger partial charge in [0.05, 0.1) is 0 Å². The fourth-order valence-corrected chi connectivity index (χ4v) is 2.90. The van der Waals surface area contributed by atoms with E-state index in [1.54, 1.807) is 19.2 Å². The zero-order valence-electron chi connectivity index (χ0n) is 12.8. The van der Waals surface area contributed by atoms with Crippen LogP contribution in [0.2, 0.25) is 0 Å². The summed E-state index contributed by atoms with van der Waals surface area (Å²) in [5.41, 5.74) is 7.31. The van der Waals surface area contributed by atoms with E-state index in [1.165, 1.54) is 0 Å². The topological polar surface area (TPSA) is 84.2 Å². The van der Waals surface area contributed by atoms with Gasteiger partial charge in [0, 0.05) is 25.1 Å². The van der Waals surface area contributed by atoms with Crippen LogP contribution in [0.1, 0.15) is 35.2 Å². The molecule has 2 rings (SSSR count). The van der Waals surface area contributed by atoms with Crippen molar-refractivity contribution in [2.24, 2.45) is 17.6 Å². The maximum Gasteiger partial charge on any atom is 0.251 e. The highest BCUT2D eigenvalue weighted by Crippen LogP contribution is 2.30. The number of halogens is 1. The minimum Gasteiger partial charge on any atom is -0.355 e. The fraction of sp³-hybridized carbons (Fsp3) is 0.500. The molecule has 0 aromatic heterocycles. The Balaban J connectivity index is 0.00000242. The summed E-state index contributed by atoms with van der Waals surface area (Å²) >= 11 is 0. The van der Waals surface area contributed by atoms with Crippen molar-refractivity contribution >= 4 is 24.2 Å². The van der Waals surface area contributed by atoms with Crippen LogP contribution in [0.15, 0.2) is 24.3 Å². The number of nitrogens with two attached hydrogens (primary N) is 1. The molecule has 0 aliphatic heterocycles. The molecule has 0 saturated heterocycles. The molecule has 1 aromatic rings. The molecule has 0 spiro atoms. The van der Waals surface area contributed by atoms with Crippen molar-refractivity contribution in [1.82, 2.24) is 10.6 Å². The lowest BCUT2D eigenvalue weighted by Gasteiger charge is -2.17. The van der Waals surface area contributed by atoms with Crippen LogP contribution < -0.4 is 16.4 Å². The third-order valence-electron chi connectivity index (χ3n) is 4.21. The smallest absolute Gasteiger partial charge is 0.251 e. The summed E-state index contributed by atoms with van der Waals surface area (Å²) in [6, 6.07) is 7.25. The van der Waals surface area contributed by atoms with E-state index in [-0.39, 0.29) is 30.1 Å². The van der Waals surface area contributed by atoms with Crippen LogP contribution >= 0.6 is 12.4 Å². The molecule has 0 heterocycles. The lowest BCUT2D eigenvalue weighted by Crippen LogP contribution is -2.34. The summed E-state index contributed by atoms with van der Waals surface area (Å²) in [6.07, 6.45) is 3.07. The van der Waals surface area contributed by atoms with Gasteiger partial charge in [0.15, 0.2) is 0 Å². The summed E-state index contributed by atoms with van der Waals surface area (Å²) in [5, 5.41) is 5.55. The van der Waals surface area contributed by atoms with Crippen molar-refractivity contribution in [1.29, 1.82) is 0 Å². The number of benzene rings is 1. The molecule has 2 atom stereocenters. The Bertz CT molecular complexity index is 505. The second kappa shape index (κ2) is 8.76. The molecule has 1 aliphatic carbocycles. The Labute approximate surface area is 137 Å². The van der Waals surface area contributed by atoms with Crippen molar-refractivity contribution in [2.45, 2.75) is 25.8 Å². The van der Waals surface area contributed by atoms with Gasteiger partial charge in [-0.25, -0.2) is 0 Å². The van der Waals surface area contributed by atoms with Gasteiger partial charge < -0.3 is 16.4 Å². The molecule has 1 aliphatic rings. The monoisotopic (exact) mass is 325 g/mol. The van der Waals surface area contributed by atoms with Crippen LogP contribution in [0.5, 0.6) is 0 Å². The highest BCUT2D eigenvalue weighted by atomic mass is 35.5. The maximum absolute atomic E-state index is 12.2. The SMILES string of the molecule is CNC(=O)c1ccc(CNC(=O)[C@@H]2CCC[C@@H]2CN)cc1.Cl. The molecule has 6 heteroatoms. The molecule has 0 bridgehead atoms. The highest BCUT2D eigenvalue weighted by molar-refractivity contribution is 5.93. The molecule has 0 unspecified atom stereocenters. The van der Waals surface area contributed by atoms with E-state index in [1.807, 2.05) is 12.1 Å². The number of carbonyl (C=O) groups is 2. The number of hydrogen-bond acceptors (Lipinski definition) is 3. The molecule has 1 aromatic carbocycles. The summed E-state index contributed by atoms with van der Waals surface area (Å²) in [4.78, 5) is 23.6. The first kappa shape index (κ1) is 18.5. The number of hydrogen-bond donors (Lipinski definition) is 3. The minimum atomic E-state index is -0.109. The van der Waals surface area contributed by atoms with Gasteiger partial charge in [-0.15, -0.1) is 12.4 Å². The van der Waals surface area contributed by atoms with Crippen LogP contribution in [-0.2, 0) is 11.3 Å². The average molecular weight is 326 g/mol. The third-order valence-corrected chi connectivity index (χ3v) is 4.21. The fourth-order valence-electron chi connectivity index (χ4n) is 2.90. The van der Waals surface area contributed by atoms with Crippen LogP contribution in [0.25, 0.3) is 0 Å². The first-order valence-electron chi connectivity index (χ1n) is 7.44. The van der Waals surface area contributed by atoms with Gasteiger partial charge in [-0.3, -0.25) is 9.59 Å². The molecule has 122 valence electrons. The molecule has 1 fully saturated rings. The Hall–Kier alpha value is -1.59. The second-order valence-electron chi connectivity index (χ2n) is 5.53. The zero-order valence-corrected chi connectivity index (χ0v) is 13.6. The van der Waals surface area contributed by atoms with Gasteiger partial charge in [-0.05, 0) is 43.0 Å². The number of nitrogens with one attached hydrogen (secondary N) is 2. The Morgan fingerprint density at radius 1 is 1.23 bits per heavy atom. The number of amides is 2. The molecular weight excluding hydrogens is 302 g/mol. The van der Waals surface area contributed by atoms with Gasteiger partial charge in [0.1, 0.15) is 0 Å². The summed E-state index contributed by atoms with van der Waals surface area (Å²) < 4.78 is 0. The van der Waals surface area contributed by atoms with E-state index in [4.69, 9.17) is 5.73 Å². The first-order valence-corrected chi connectivity index (χ1v) is 7.44. The van der Waals surface area contributed by atoms with Crippen LogP contribution in [-0.4, -0.2) is 25.4 Å². The zero-order chi connectivity index (χ0) is 15.2. The lowest BCUT2D eigenvalue weighted by atomic mass is 9.95. The minimum absolute atomic E-state index is 0. The Kier molecular flexibility index (Phi) is 7.35. The first-order chi connectivity index (χ1) is 10.2. The molecule has 0 radical (unpaired) electrons. The Morgan fingerprint density at radius 2 is 1.91 bits per heavy atom. The number of rotatable bonds is 5. The van der Waals surface area contributed by atoms with Gasteiger partial charge in [-0.2, -0.15) is 0 Å². The largest absolute Gasteiger partial charge is 0.355 e. The highest BCUT2D eigenvalue weighted by Gasteiger charge is 2.31. The van der Waals surface area contributed by atoms with E-state index in [2.05, 4.69) is 10.6 Å². The summed E-state index contributed by atoms with van der Waals surface area (Å²) in [6.45, 7) is 1.07. The van der Waals surface area contributed by atoms with Crippen molar-refractivity contribution in [3.63, 3.8) is 0 Å². The van der Waals surface area contributed by atoms with Crippen LogP contribution in [0.3, 0.4) is 0 Å². The lowest BCUT2D eigenvalue weighted by molar-refractivity contribution is -0.126. The van der Waals surface area contributed by atoms with Crippen molar-refractivity contribution < 1.29 is 9.59 Å². The van der Waals surface area contributed by atoms with Crippen molar-refractivity contribution in [3.05, 3.63) is 35.4 Å². The summed E-state index contributed by atoms with van der Waals surface area (Å²) in [7, 11) is 1.60. The standard InChI is InChI=1S/C16H23N3O2.ClH/c1-18-15(20)12-7-5-11(6-8-12)10-19-16(21)14-4-2-3-13(14)9-17;/h5-8,13-14H,2-4,9-10,17H2,1H3,(H,18,20)(H,19,21);1H/t13-,14-;/m1./s1. The third kappa shape index (κ3) is 4.45. The normalized spacial score (nSPS) is 20.1. The molecule has 5 nitrogen and oxygen atoms in total. The van der Waals surface area contributed by atoms with Crippen molar-refractivity contribution in [2.75, 3.05) is 13.6 Å². The predicted octanol–water partition coefficient (Wildman–Crippen LogP) is 1.46. The molecule has 22 heavy (non-hydrogen) atoms. The molecule has 1 saturated carbocycles. The van der Waals surface area contributed by atoms with Crippen LogP contribution in [0, 0.1) is 11.8 Å². The average Bonchev–Trinajstić information content (AvgIpc) is 3.01. The van der Waals surface area contributed by atoms with Gasteiger partial charge in [-0.1, -0.05) is 18.6 Å². The predicted molar refractivity (Wildman–Crippen MR) is 88.8 cm³/mol. The van der Waals surface area contributed by atoms with E-state index in [0.717, 1.165) is 24.8 Å². The van der Waals surface area contributed by atoms with Gasteiger partial charge in [0.25, 0.3) is 5.91 Å². The molecule has 4 N–H and O–H groups in total. The van der Waals surface area contributed by atoms with E-state index < -0.39 is 0 Å². The van der Waals surface area contributed by atoms with Gasteiger partial charge in [0.2, 0.25) is 5.91 Å². The summed E-state index contributed by atoms with van der Waals surface area (Å²) in [5.74, 6) is 0.362. The van der Waals surface area contributed by atoms with E-state index in [9.17, 15) is 9.59 Å². The van der Waals surface area contributed by atoms with Crippen molar-refractivity contribution in [3.8, 4) is 0 Å². The number of carbonyl (C=O) groups excluding carboxylic acids is 2. The second-order valence-corrected chi connectivity index (χ2v) is 5.53. The van der Waals surface area contributed by atoms with Gasteiger partial charge >= 0.3 is 0 Å². The quantitative estimate of drug-likeness (QED) is 0.766. The maximum atomic E-state index is 12.2. The van der Waals surface area contributed by atoms with E-state index >= 15 is 0 Å². The van der Waals surface area contributed by atoms with E-state index in [0.29, 0.717) is 24.6 Å². The molecule has 2 amide bonds. The molecular formula is C16H24ClN3O2. The Morgan fingerprint density at radius 3 is 2.50 bits per heavy atom.